The molecule has 1 heterocycles. The van der Waals surface area contributed by atoms with Gasteiger partial charge in [0.25, 0.3) is 0 Å². The third kappa shape index (κ3) is 2.48. The van der Waals surface area contributed by atoms with Crippen LogP contribution < -0.4 is 4.74 Å². The number of hydrogen-bond donors (Lipinski definition) is 1. The van der Waals surface area contributed by atoms with Gasteiger partial charge in [0.05, 0.1) is 11.5 Å². The molecular formula is C12H10FNO3S. The summed E-state index contributed by atoms with van der Waals surface area (Å²) < 4.78 is 22.3. The first-order valence-electron chi connectivity index (χ1n) is 5.24. The highest BCUT2D eigenvalue weighted by atomic mass is 32.1. The molecule has 0 aliphatic heterocycles. The summed E-state index contributed by atoms with van der Waals surface area (Å²) in [4.78, 5) is 11.4. The van der Waals surface area contributed by atoms with E-state index in [1.807, 2.05) is 0 Å². The van der Waals surface area contributed by atoms with E-state index in [1.165, 1.54) is 18.2 Å². The van der Waals surface area contributed by atoms with Crippen LogP contribution in [0.2, 0.25) is 0 Å². The summed E-state index contributed by atoms with van der Waals surface area (Å²) in [6.45, 7) is 2.20. The number of aromatic nitrogens is 1. The fourth-order valence-corrected chi connectivity index (χ4v) is 2.24. The molecule has 4 nitrogen and oxygen atoms in total. The zero-order valence-electron chi connectivity index (χ0n) is 9.51. The molecule has 1 aromatic heterocycles. The number of hydrogen-bond acceptors (Lipinski definition) is 4. The average molecular weight is 267 g/mol. The average Bonchev–Trinajstić information content (AvgIpc) is 2.79. The van der Waals surface area contributed by atoms with Crippen molar-refractivity contribution in [2.75, 3.05) is 6.61 Å². The van der Waals surface area contributed by atoms with E-state index >= 15 is 0 Å². The van der Waals surface area contributed by atoms with Crippen LogP contribution in [0.1, 0.15) is 17.4 Å². The number of aromatic carboxylic acids is 1. The van der Waals surface area contributed by atoms with Gasteiger partial charge in [-0.2, -0.15) is 4.37 Å². The van der Waals surface area contributed by atoms with E-state index in [-0.39, 0.29) is 5.69 Å². The number of halogens is 1. The zero-order chi connectivity index (χ0) is 13.1. The summed E-state index contributed by atoms with van der Waals surface area (Å²) in [5, 5.41) is 8.81. The van der Waals surface area contributed by atoms with Crippen molar-refractivity contribution in [1.29, 1.82) is 0 Å². The van der Waals surface area contributed by atoms with E-state index < -0.39 is 11.8 Å². The van der Waals surface area contributed by atoms with Crippen molar-refractivity contribution in [3.63, 3.8) is 0 Å². The molecule has 2 rings (SSSR count). The molecule has 0 bridgehead atoms. The number of nitrogens with zero attached hydrogens (tertiary/aromatic N) is 1. The van der Waals surface area contributed by atoms with E-state index in [4.69, 9.17) is 9.84 Å². The second-order valence-corrected chi connectivity index (χ2v) is 4.26. The number of carboxylic acids is 1. The summed E-state index contributed by atoms with van der Waals surface area (Å²) in [7, 11) is 0. The van der Waals surface area contributed by atoms with E-state index in [9.17, 15) is 9.18 Å². The Bertz CT molecular complexity index is 582. The molecule has 0 unspecified atom stereocenters. The van der Waals surface area contributed by atoms with Gasteiger partial charge in [0.2, 0.25) is 0 Å². The Morgan fingerprint density at radius 3 is 2.89 bits per heavy atom. The Morgan fingerprint density at radius 1 is 1.50 bits per heavy atom. The van der Waals surface area contributed by atoms with E-state index in [2.05, 4.69) is 4.37 Å². The molecule has 0 saturated carbocycles. The minimum atomic E-state index is -1.09. The van der Waals surface area contributed by atoms with Gasteiger partial charge in [-0.05, 0) is 36.7 Å². The molecule has 0 aliphatic carbocycles. The van der Waals surface area contributed by atoms with Gasteiger partial charge in [0, 0.05) is 11.6 Å². The lowest BCUT2D eigenvalue weighted by Crippen LogP contribution is -1.95. The van der Waals surface area contributed by atoms with E-state index in [1.54, 1.807) is 13.0 Å². The molecule has 0 spiro atoms. The van der Waals surface area contributed by atoms with E-state index in [0.717, 1.165) is 11.5 Å². The number of ether oxygens (including phenoxy) is 1. The summed E-state index contributed by atoms with van der Waals surface area (Å²) in [6.07, 6.45) is 0. The van der Waals surface area contributed by atoms with Gasteiger partial charge >= 0.3 is 5.97 Å². The van der Waals surface area contributed by atoms with Crippen LogP contribution >= 0.6 is 11.5 Å². The number of carbonyl (C=O) groups is 1. The van der Waals surface area contributed by atoms with Crippen LogP contribution in [0.3, 0.4) is 0 Å². The summed E-state index contributed by atoms with van der Waals surface area (Å²) in [5.74, 6) is -1.10. The third-order valence-corrected chi connectivity index (χ3v) is 3.06. The summed E-state index contributed by atoms with van der Waals surface area (Å²) >= 11 is 1.04. The molecule has 94 valence electrons. The predicted octanol–water partition coefficient (Wildman–Crippen LogP) is 3.05. The summed E-state index contributed by atoms with van der Waals surface area (Å²) in [6, 6.07) is 5.58. The zero-order valence-corrected chi connectivity index (χ0v) is 10.3. The van der Waals surface area contributed by atoms with Gasteiger partial charge in [-0.25, -0.2) is 9.18 Å². The summed E-state index contributed by atoms with van der Waals surface area (Å²) in [5.41, 5.74) is 0.616. The second kappa shape index (κ2) is 5.14. The molecule has 2 aromatic rings. The molecule has 0 amide bonds. The maximum atomic E-state index is 13.1. The standard InChI is InChI=1S/C12H10FNO3S/c1-2-17-10-5-7(13)3-4-8(10)11-6-9(12(15)16)14-18-11/h3-6H,2H2,1H3,(H,15,16). The molecule has 18 heavy (non-hydrogen) atoms. The lowest BCUT2D eigenvalue weighted by Gasteiger charge is -2.08. The molecule has 0 fully saturated rings. The Hall–Kier alpha value is -1.95. The van der Waals surface area contributed by atoms with Crippen LogP contribution in [-0.2, 0) is 0 Å². The number of rotatable bonds is 4. The first-order valence-corrected chi connectivity index (χ1v) is 6.02. The maximum absolute atomic E-state index is 13.1. The quantitative estimate of drug-likeness (QED) is 0.925. The normalized spacial score (nSPS) is 10.3. The largest absolute Gasteiger partial charge is 0.493 e. The van der Waals surface area contributed by atoms with Gasteiger partial charge in [-0.15, -0.1) is 0 Å². The molecule has 1 aromatic carbocycles. The van der Waals surface area contributed by atoms with Crippen LogP contribution in [0.4, 0.5) is 4.39 Å². The van der Waals surface area contributed by atoms with Gasteiger partial charge < -0.3 is 9.84 Å². The van der Waals surface area contributed by atoms with Crippen molar-refractivity contribution in [1.82, 2.24) is 4.37 Å². The molecule has 1 N–H and O–H groups in total. The van der Waals surface area contributed by atoms with Crippen molar-refractivity contribution >= 4 is 17.5 Å². The SMILES string of the molecule is CCOc1cc(F)ccc1-c1cc(C(=O)O)ns1. The Kier molecular flexibility index (Phi) is 3.57. The highest BCUT2D eigenvalue weighted by Gasteiger charge is 2.14. The monoisotopic (exact) mass is 267 g/mol. The van der Waals surface area contributed by atoms with Crippen molar-refractivity contribution < 1.29 is 19.0 Å². The predicted molar refractivity (Wildman–Crippen MR) is 65.6 cm³/mol. The smallest absolute Gasteiger partial charge is 0.355 e. The highest BCUT2D eigenvalue weighted by Crippen LogP contribution is 2.33. The van der Waals surface area contributed by atoms with Crippen LogP contribution in [0.25, 0.3) is 10.4 Å². The van der Waals surface area contributed by atoms with Crippen molar-refractivity contribution in [3.05, 3.63) is 35.8 Å². The molecule has 0 saturated heterocycles. The Balaban J connectivity index is 2.45. The van der Waals surface area contributed by atoms with Gasteiger partial charge in [-0.1, -0.05) is 0 Å². The molecule has 0 aliphatic rings. The van der Waals surface area contributed by atoms with Crippen LogP contribution in [0.5, 0.6) is 5.75 Å². The minimum absolute atomic E-state index is 0.0261. The Morgan fingerprint density at radius 2 is 2.28 bits per heavy atom. The van der Waals surface area contributed by atoms with Crippen molar-refractivity contribution in [2.24, 2.45) is 0 Å². The van der Waals surface area contributed by atoms with Crippen LogP contribution in [0, 0.1) is 5.82 Å². The molecule has 6 heteroatoms. The van der Waals surface area contributed by atoms with Gasteiger partial charge in [0.1, 0.15) is 11.6 Å². The molecule has 0 atom stereocenters. The lowest BCUT2D eigenvalue weighted by atomic mass is 10.1. The lowest BCUT2D eigenvalue weighted by molar-refractivity contribution is 0.0692. The van der Waals surface area contributed by atoms with Crippen molar-refractivity contribution in [3.8, 4) is 16.2 Å². The first-order chi connectivity index (χ1) is 8.61. The number of benzene rings is 1. The van der Waals surface area contributed by atoms with Crippen molar-refractivity contribution in [2.45, 2.75) is 6.92 Å². The topological polar surface area (TPSA) is 59.4 Å². The second-order valence-electron chi connectivity index (χ2n) is 3.46. The fraction of sp³-hybridized carbons (Fsp3) is 0.167. The highest BCUT2D eigenvalue weighted by molar-refractivity contribution is 7.09. The van der Waals surface area contributed by atoms with Gasteiger partial charge in [-0.3, -0.25) is 0 Å². The van der Waals surface area contributed by atoms with E-state index in [0.29, 0.717) is 22.8 Å². The first kappa shape index (κ1) is 12.5. The minimum Gasteiger partial charge on any atom is -0.493 e. The maximum Gasteiger partial charge on any atom is 0.355 e. The van der Waals surface area contributed by atoms with Gasteiger partial charge in [0.15, 0.2) is 5.69 Å². The fourth-order valence-electron chi connectivity index (χ4n) is 1.48. The third-order valence-electron chi connectivity index (χ3n) is 2.24. The van der Waals surface area contributed by atoms with Crippen LogP contribution in [0.15, 0.2) is 24.3 Å². The Labute approximate surface area is 107 Å². The molecular weight excluding hydrogens is 257 g/mol. The van der Waals surface area contributed by atoms with Crippen LogP contribution in [-0.4, -0.2) is 22.1 Å². The molecule has 0 radical (unpaired) electrons. The number of carboxylic acid groups (broad SMARTS) is 1.